The summed E-state index contributed by atoms with van der Waals surface area (Å²) < 4.78 is 0. The summed E-state index contributed by atoms with van der Waals surface area (Å²) in [5.41, 5.74) is 4.99. The molecular weight excluding hydrogens is 173 g/mol. The van der Waals surface area contributed by atoms with Crippen molar-refractivity contribution >= 4 is 30.7 Å². The Kier molecular flexibility index (Phi) is 9.62. The van der Waals surface area contributed by atoms with Crippen molar-refractivity contribution in [3.63, 3.8) is 0 Å². The molecule has 0 bridgehead atoms. The van der Waals surface area contributed by atoms with Crippen LogP contribution in [0, 0.1) is 5.41 Å². The molecule has 0 saturated carbocycles. The minimum atomic E-state index is -0.225. The van der Waals surface area contributed by atoms with Crippen LogP contribution in [0.4, 0.5) is 0 Å². The molecule has 0 unspecified atom stereocenters. The second kappa shape index (κ2) is 5.81. The summed E-state index contributed by atoms with van der Waals surface area (Å²) in [5, 5.41) is 0. The molecule has 0 aliphatic carbocycles. The summed E-state index contributed by atoms with van der Waals surface area (Å²) in [4.78, 5) is 10.2. The third-order valence-electron chi connectivity index (χ3n) is 0.705. The van der Waals surface area contributed by atoms with E-state index in [0.717, 1.165) is 0 Å². The summed E-state index contributed by atoms with van der Waals surface area (Å²) in [6, 6.07) is 0. The van der Waals surface area contributed by atoms with E-state index >= 15 is 0 Å². The van der Waals surface area contributed by atoms with Crippen LogP contribution in [0.5, 0.6) is 0 Å². The van der Waals surface area contributed by atoms with Crippen LogP contribution in [-0.2, 0) is 4.79 Å². The van der Waals surface area contributed by atoms with E-state index in [1.54, 1.807) is 0 Å². The quantitative estimate of drug-likeness (QED) is 0.669. The summed E-state index contributed by atoms with van der Waals surface area (Å²) in [6.45, 7) is 5.95. The Hall–Kier alpha value is 0.0500. The van der Waals surface area contributed by atoms with Gasteiger partial charge < -0.3 is 5.73 Å². The fraction of sp³-hybridized carbons (Fsp3) is 0.833. The van der Waals surface area contributed by atoms with Crippen LogP contribution in [0.15, 0.2) is 0 Å². The van der Waals surface area contributed by atoms with E-state index in [1.807, 2.05) is 20.8 Å². The normalized spacial score (nSPS) is 9.10. The van der Waals surface area contributed by atoms with E-state index in [9.17, 15) is 4.79 Å². The van der Waals surface area contributed by atoms with Crippen molar-refractivity contribution in [1.82, 2.24) is 0 Å². The van der Waals surface area contributed by atoms with Crippen LogP contribution in [0.1, 0.15) is 27.2 Å². The Balaban J connectivity index is -0.000000245. The number of amides is 1. The monoisotopic (exact) mass is 187 g/mol. The molecule has 2 N–H and O–H groups in total. The third-order valence-corrected chi connectivity index (χ3v) is 0.705. The van der Waals surface area contributed by atoms with Gasteiger partial charge in [0.05, 0.1) is 0 Å². The molecule has 0 aromatic carbocycles. The van der Waals surface area contributed by atoms with Gasteiger partial charge in [-0.2, -0.15) is 0 Å². The molecule has 0 spiro atoms. The molecule has 0 saturated heterocycles. The number of hydrogen-bond acceptors (Lipinski definition) is 1. The number of nitrogens with two attached hydrogens (primary N) is 1. The predicted octanol–water partition coefficient (Wildman–Crippen LogP) is 1.75. The fourth-order valence-corrected chi connectivity index (χ4v) is 0.523. The molecule has 0 aliphatic heterocycles. The van der Waals surface area contributed by atoms with Gasteiger partial charge in [-0.1, -0.05) is 20.8 Å². The highest BCUT2D eigenvalue weighted by Crippen LogP contribution is 2.16. The Morgan fingerprint density at radius 1 is 1.30 bits per heavy atom. The minimum Gasteiger partial charge on any atom is -0.370 e. The van der Waals surface area contributed by atoms with Gasteiger partial charge in [0.25, 0.3) is 0 Å². The third kappa shape index (κ3) is 15.7. The van der Waals surface area contributed by atoms with Gasteiger partial charge in [0.15, 0.2) is 0 Å². The summed E-state index contributed by atoms with van der Waals surface area (Å²) in [6.07, 6.45) is 0.465. The van der Waals surface area contributed by atoms with Gasteiger partial charge in [0, 0.05) is 6.42 Å². The number of carbonyl (C=O) groups excluding carboxylic acids is 1. The van der Waals surface area contributed by atoms with Crippen molar-refractivity contribution in [3.8, 4) is 0 Å². The zero-order valence-corrected chi connectivity index (χ0v) is 8.14. The van der Waals surface area contributed by atoms with Crippen molar-refractivity contribution in [2.24, 2.45) is 11.1 Å². The maximum Gasteiger partial charge on any atom is 0.217 e. The van der Waals surface area contributed by atoms with E-state index in [4.69, 9.17) is 5.73 Å². The van der Waals surface area contributed by atoms with Gasteiger partial charge in [-0.05, 0) is 5.41 Å². The standard InChI is InChI=1S/C6H13NO.2ClH/c1-6(2,3)4-5(7)8;;/h4H2,1-3H3,(H2,7,8);2*1H. The summed E-state index contributed by atoms with van der Waals surface area (Å²) in [5.74, 6) is -0.225. The van der Waals surface area contributed by atoms with Crippen LogP contribution in [0.3, 0.4) is 0 Å². The van der Waals surface area contributed by atoms with Crippen LogP contribution in [0.25, 0.3) is 0 Å². The Morgan fingerprint density at radius 2 is 1.60 bits per heavy atom. The Bertz CT molecular complexity index is 98.4. The minimum absolute atomic E-state index is 0. The fourth-order valence-electron chi connectivity index (χ4n) is 0.523. The Labute approximate surface area is 74.4 Å². The first-order valence-electron chi connectivity index (χ1n) is 2.70. The second-order valence-electron chi connectivity index (χ2n) is 3.20. The molecule has 10 heavy (non-hydrogen) atoms. The number of hydrogen-bond donors (Lipinski definition) is 1. The van der Waals surface area contributed by atoms with Crippen LogP contribution < -0.4 is 5.73 Å². The lowest BCUT2D eigenvalue weighted by Crippen LogP contribution is -2.19. The van der Waals surface area contributed by atoms with Crippen LogP contribution in [-0.4, -0.2) is 5.91 Å². The van der Waals surface area contributed by atoms with Crippen molar-refractivity contribution in [2.45, 2.75) is 27.2 Å². The maximum absolute atomic E-state index is 10.2. The summed E-state index contributed by atoms with van der Waals surface area (Å²) >= 11 is 0. The van der Waals surface area contributed by atoms with Gasteiger partial charge in [-0.3, -0.25) is 4.79 Å². The van der Waals surface area contributed by atoms with Crippen molar-refractivity contribution in [2.75, 3.05) is 0 Å². The van der Waals surface area contributed by atoms with E-state index in [2.05, 4.69) is 0 Å². The molecule has 0 aromatic heterocycles. The maximum atomic E-state index is 10.2. The smallest absolute Gasteiger partial charge is 0.217 e. The molecular formula is C6H15Cl2NO. The molecule has 2 nitrogen and oxygen atoms in total. The van der Waals surface area contributed by atoms with Crippen molar-refractivity contribution < 1.29 is 4.79 Å². The topological polar surface area (TPSA) is 43.1 Å². The van der Waals surface area contributed by atoms with Gasteiger partial charge in [0.2, 0.25) is 5.91 Å². The lowest BCUT2D eigenvalue weighted by atomic mass is 9.92. The first-order chi connectivity index (χ1) is 3.42. The molecule has 0 aromatic rings. The molecule has 0 fully saturated rings. The largest absolute Gasteiger partial charge is 0.370 e. The summed E-state index contributed by atoms with van der Waals surface area (Å²) in [7, 11) is 0. The number of halogens is 2. The molecule has 0 atom stereocenters. The van der Waals surface area contributed by atoms with E-state index in [1.165, 1.54) is 0 Å². The zero-order valence-electron chi connectivity index (χ0n) is 6.51. The molecule has 1 amide bonds. The Morgan fingerprint density at radius 3 is 1.60 bits per heavy atom. The first kappa shape index (κ1) is 16.6. The lowest BCUT2D eigenvalue weighted by molar-refractivity contribution is -0.119. The first-order valence-corrected chi connectivity index (χ1v) is 2.70. The highest BCUT2D eigenvalue weighted by Gasteiger charge is 2.12. The number of primary amides is 1. The zero-order chi connectivity index (χ0) is 6.78. The van der Waals surface area contributed by atoms with Crippen LogP contribution >= 0.6 is 24.8 Å². The molecule has 4 heteroatoms. The SMILES string of the molecule is CC(C)(C)CC(N)=O.Cl.Cl. The van der Waals surface area contributed by atoms with Crippen molar-refractivity contribution in [1.29, 1.82) is 0 Å². The van der Waals surface area contributed by atoms with Gasteiger partial charge in [-0.25, -0.2) is 0 Å². The van der Waals surface area contributed by atoms with Gasteiger partial charge in [0.1, 0.15) is 0 Å². The highest BCUT2D eigenvalue weighted by atomic mass is 35.5. The highest BCUT2D eigenvalue weighted by molar-refractivity contribution is 5.85. The molecule has 0 radical (unpaired) electrons. The molecule has 0 heterocycles. The van der Waals surface area contributed by atoms with Gasteiger partial charge in [-0.15, -0.1) is 24.8 Å². The molecule has 0 aliphatic rings. The molecule has 0 rings (SSSR count). The molecule has 64 valence electrons. The number of carbonyl (C=O) groups is 1. The van der Waals surface area contributed by atoms with E-state index in [-0.39, 0.29) is 36.1 Å². The van der Waals surface area contributed by atoms with E-state index < -0.39 is 0 Å². The van der Waals surface area contributed by atoms with Crippen molar-refractivity contribution in [3.05, 3.63) is 0 Å². The predicted molar refractivity (Wildman–Crippen MR) is 47.8 cm³/mol. The number of rotatable bonds is 1. The average Bonchev–Trinajstić information content (AvgIpc) is 1.21. The van der Waals surface area contributed by atoms with Gasteiger partial charge >= 0.3 is 0 Å². The van der Waals surface area contributed by atoms with Crippen LogP contribution in [0.2, 0.25) is 0 Å². The average molecular weight is 188 g/mol. The lowest BCUT2D eigenvalue weighted by Gasteiger charge is -2.13. The van der Waals surface area contributed by atoms with E-state index in [0.29, 0.717) is 6.42 Å². The second-order valence-corrected chi connectivity index (χ2v) is 3.20.